The van der Waals surface area contributed by atoms with Gasteiger partial charge in [-0.25, -0.2) is 0 Å². The van der Waals surface area contributed by atoms with Gasteiger partial charge < -0.3 is 19.2 Å². The Kier molecular flexibility index (Phi) is 5.02. The lowest BCUT2D eigenvalue weighted by atomic mass is 10.0. The van der Waals surface area contributed by atoms with Crippen molar-refractivity contribution in [3.8, 4) is 23.4 Å². The van der Waals surface area contributed by atoms with Gasteiger partial charge in [-0.2, -0.15) is 0 Å². The van der Waals surface area contributed by atoms with Crippen molar-refractivity contribution in [2.75, 3.05) is 25.1 Å². The molecule has 1 unspecified atom stereocenters. The van der Waals surface area contributed by atoms with Gasteiger partial charge in [0.05, 0.1) is 6.54 Å². The molecule has 4 rings (SSSR count). The van der Waals surface area contributed by atoms with E-state index in [1.54, 1.807) is 13.2 Å². The third kappa shape index (κ3) is 3.71. The van der Waals surface area contributed by atoms with Gasteiger partial charge in [-0.3, -0.25) is 0 Å². The Morgan fingerprint density at radius 1 is 1.14 bits per heavy atom. The first kappa shape index (κ1) is 18.1. The van der Waals surface area contributed by atoms with Crippen LogP contribution in [0.25, 0.3) is 11.6 Å². The van der Waals surface area contributed by atoms with E-state index in [0.717, 1.165) is 24.3 Å². The van der Waals surface area contributed by atoms with Gasteiger partial charge in [-0.15, -0.1) is 20.4 Å². The van der Waals surface area contributed by atoms with Crippen molar-refractivity contribution in [2.24, 2.45) is 0 Å². The highest BCUT2D eigenvalue weighted by Gasteiger charge is 2.37. The molecule has 1 aliphatic rings. The average Bonchev–Trinajstić information content (AvgIpc) is 3.41. The van der Waals surface area contributed by atoms with E-state index in [2.05, 4.69) is 37.1 Å². The standard InChI is InChI=1S/C20H19N5O3/c1-27-20(10-9-15-5-3-2-4-6-15)11-12-25(14-20)17-8-7-16(21-22-17)19-24-23-18(13-26)28-19/h2-8,26H,11-14H2,1H3. The molecule has 0 radical (unpaired) electrons. The first-order valence-corrected chi connectivity index (χ1v) is 8.87. The fourth-order valence-corrected chi connectivity index (χ4v) is 3.03. The summed E-state index contributed by atoms with van der Waals surface area (Å²) in [6.07, 6.45) is 0.774. The molecule has 0 saturated carbocycles. The maximum Gasteiger partial charge on any atom is 0.268 e. The first-order valence-electron chi connectivity index (χ1n) is 8.87. The summed E-state index contributed by atoms with van der Waals surface area (Å²) in [5.41, 5.74) is 0.874. The normalized spacial score (nSPS) is 18.7. The summed E-state index contributed by atoms with van der Waals surface area (Å²) in [5.74, 6) is 7.59. The van der Waals surface area contributed by atoms with Crippen LogP contribution in [0.4, 0.5) is 5.82 Å². The average molecular weight is 377 g/mol. The summed E-state index contributed by atoms with van der Waals surface area (Å²) in [4.78, 5) is 2.09. The third-order valence-electron chi connectivity index (χ3n) is 4.63. The molecule has 1 saturated heterocycles. The van der Waals surface area contributed by atoms with Crippen LogP contribution in [0.5, 0.6) is 0 Å². The van der Waals surface area contributed by atoms with Gasteiger partial charge in [0.1, 0.15) is 17.9 Å². The fourth-order valence-electron chi connectivity index (χ4n) is 3.03. The zero-order chi connectivity index (χ0) is 19.4. The Labute approximate surface area is 162 Å². The minimum absolute atomic E-state index is 0.141. The number of rotatable bonds is 4. The van der Waals surface area contributed by atoms with E-state index < -0.39 is 5.60 Å². The van der Waals surface area contributed by atoms with Gasteiger partial charge in [0.15, 0.2) is 5.82 Å². The smallest absolute Gasteiger partial charge is 0.268 e. The van der Waals surface area contributed by atoms with Crippen LogP contribution in [0, 0.1) is 11.8 Å². The number of aliphatic hydroxyl groups is 1. The highest BCUT2D eigenvalue weighted by Crippen LogP contribution is 2.28. The summed E-state index contributed by atoms with van der Waals surface area (Å²) in [7, 11) is 1.69. The summed E-state index contributed by atoms with van der Waals surface area (Å²) in [5, 5.41) is 25.0. The van der Waals surface area contributed by atoms with Crippen molar-refractivity contribution in [3.05, 3.63) is 53.9 Å². The van der Waals surface area contributed by atoms with Crippen LogP contribution in [0.1, 0.15) is 17.9 Å². The molecule has 1 fully saturated rings. The molecule has 8 nitrogen and oxygen atoms in total. The van der Waals surface area contributed by atoms with E-state index in [-0.39, 0.29) is 18.4 Å². The maximum atomic E-state index is 9.01. The second kappa shape index (κ2) is 7.76. The highest BCUT2D eigenvalue weighted by atomic mass is 16.5. The van der Waals surface area contributed by atoms with Crippen molar-refractivity contribution in [3.63, 3.8) is 0 Å². The Morgan fingerprint density at radius 3 is 2.68 bits per heavy atom. The summed E-state index contributed by atoms with van der Waals surface area (Å²) < 4.78 is 11.0. The van der Waals surface area contributed by atoms with Gasteiger partial charge in [0.25, 0.3) is 5.89 Å². The zero-order valence-electron chi connectivity index (χ0n) is 15.4. The van der Waals surface area contributed by atoms with E-state index in [4.69, 9.17) is 14.3 Å². The lowest BCUT2D eigenvalue weighted by Crippen LogP contribution is -2.34. The Bertz CT molecular complexity index is 994. The number of benzene rings is 1. The second-order valence-corrected chi connectivity index (χ2v) is 6.42. The third-order valence-corrected chi connectivity index (χ3v) is 4.63. The fraction of sp³-hybridized carbons (Fsp3) is 0.300. The predicted octanol–water partition coefficient (Wildman–Crippen LogP) is 1.67. The second-order valence-electron chi connectivity index (χ2n) is 6.42. The molecular formula is C20H19N5O3. The molecule has 0 amide bonds. The molecule has 3 aromatic rings. The molecule has 1 aliphatic heterocycles. The van der Waals surface area contributed by atoms with Crippen LogP contribution >= 0.6 is 0 Å². The monoisotopic (exact) mass is 377 g/mol. The molecule has 142 valence electrons. The lowest BCUT2D eigenvalue weighted by Gasteiger charge is -2.22. The lowest BCUT2D eigenvalue weighted by molar-refractivity contribution is 0.0602. The summed E-state index contributed by atoms with van der Waals surface area (Å²) in [6.45, 7) is 1.06. The molecule has 8 heteroatoms. The van der Waals surface area contributed by atoms with Crippen LogP contribution in [0.2, 0.25) is 0 Å². The minimum atomic E-state index is -0.543. The number of methoxy groups -OCH3 is 1. The van der Waals surface area contributed by atoms with Crippen molar-refractivity contribution in [2.45, 2.75) is 18.6 Å². The quantitative estimate of drug-likeness (QED) is 0.686. The molecule has 3 heterocycles. The predicted molar refractivity (Wildman–Crippen MR) is 101 cm³/mol. The van der Waals surface area contributed by atoms with E-state index in [9.17, 15) is 0 Å². The van der Waals surface area contributed by atoms with Gasteiger partial charge in [0, 0.05) is 25.6 Å². The topological polar surface area (TPSA) is 97.4 Å². The number of aliphatic hydroxyl groups excluding tert-OH is 1. The van der Waals surface area contributed by atoms with Crippen molar-refractivity contribution in [1.29, 1.82) is 0 Å². The SMILES string of the molecule is COC1(C#Cc2ccccc2)CCN(c2ccc(-c3nnc(CO)o3)nn2)C1. The number of ether oxygens (including phenoxy) is 1. The van der Waals surface area contributed by atoms with Crippen molar-refractivity contribution in [1.82, 2.24) is 20.4 Å². The summed E-state index contributed by atoms with van der Waals surface area (Å²) >= 11 is 0. The van der Waals surface area contributed by atoms with Gasteiger partial charge in [0.2, 0.25) is 5.89 Å². The van der Waals surface area contributed by atoms with E-state index >= 15 is 0 Å². The van der Waals surface area contributed by atoms with E-state index in [1.807, 2.05) is 36.4 Å². The van der Waals surface area contributed by atoms with Gasteiger partial charge in [-0.1, -0.05) is 30.0 Å². The van der Waals surface area contributed by atoms with Crippen LogP contribution in [0.15, 0.2) is 46.9 Å². The van der Waals surface area contributed by atoms with E-state index in [0.29, 0.717) is 12.2 Å². The van der Waals surface area contributed by atoms with Crippen molar-refractivity contribution >= 4 is 5.82 Å². The van der Waals surface area contributed by atoms with Crippen LogP contribution in [-0.2, 0) is 11.3 Å². The zero-order valence-corrected chi connectivity index (χ0v) is 15.4. The molecule has 1 N–H and O–H groups in total. The highest BCUT2D eigenvalue weighted by molar-refractivity contribution is 5.50. The van der Waals surface area contributed by atoms with Gasteiger partial charge in [-0.05, 0) is 24.3 Å². The molecule has 0 spiro atoms. The Balaban J connectivity index is 1.49. The molecule has 28 heavy (non-hydrogen) atoms. The number of hydrogen-bond donors (Lipinski definition) is 1. The van der Waals surface area contributed by atoms with Gasteiger partial charge >= 0.3 is 0 Å². The molecule has 1 aromatic carbocycles. The van der Waals surface area contributed by atoms with Crippen molar-refractivity contribution < 1.29 is 14.3 Å². The van der Waals surface area contributed by atoms with E-state index in [1.165, 1.54) is 0 Å². The van der Waals surface area contributed by atoms with Crippen LogP contribution in [-0.4, -0.2) is 51.3 Å². The number of nitrogens with zero attached hydrogens (tertiary/aromatic N) is 5. The molecule has 0 aliphatic carbocycles. The first-order chi connectivity index (χ1) is 13.7. The minimum Gasteiger partial charge on any atom is -0.417 e. The number of aromatic nitrogens is 4. The Hall–Kier alpha value is -3.28. The number of anilines is 1. The molecule has 1 atom stereocenters. The number of hydrogen-bond acceptors (Lipinski definition) is 8. The summed E-state index contributed by atoms with van der Waals surface area (Å²) in [6, 6.07) is 13.5. The molecule has 2 aromatic heterocycles. The maximum absolute atomic E-state index is 9.01. The van der Waals surface area contributed by atoms with Crippen LogP contribution in [0.3, 0.4) is 0 Å². The largest absolute Gasteiger partial charge is 0.417 e. The molecule has 0 bridgehead atoms. The Morgan fingerprint density at radius 2 is 2.00 bits per heavy atom. The molecular weight excluding hydrogens is 358 g/mol. The van der Waals surface area contributed by atoms with Crippen LogP contribution < -0.4 is 4.90 Å².